The van der Waals surface area contributed by atoms with Crippen LogP contribution in [0.5, 0.6) is 5.75 Å². The molecule has 0 saturated carbocycles. The van der Waals surface area contributed by atoms with Crippen molar-refractivity contribution in [2.45, 2.75) is 40.0 Å². The lowest BCUT2D eigenvalue weighted by molar-refractivity contribution is -0.138. The number of hydrogen-bond donors (Lipinski definition) is 1. The number of benzene rings is 2. The zero-order valence-electron chi connectivity index (χ0n) is 19.5. The summed E-state index contributed by atoms with van der Waals surface area (Å²) in [6, 6.07) is 6.62. The Morgan fingerprint density at radius 2 is 1.80 bits per heavy atom. The Kier molecular flexibility index (Phi) is 6.57. The molecule has 2 aromatic carbocycles. The minimum atomic E-state index is -4.88. The number of ether oxygens (including phenoxy) is 1. The van der Waals surface area contributed by atoms with Gasteiger partial charge < -0.3 is 14.6 Å². The number of H-pyrrole nitrogens is 1. The van der Waals surface area contributed by atoms with Gasteiger partial charge >= 0.3 is 6.18 Å². The highest BCUT2D eigenvalue weighted by Gasteiger charge is 2.36. The first kappa shape index (κ1) is 24.7. The molecule has 6 nitrogen and oxygen atoms in total. The summed E-state index contributed by atoms with van der Waals surface area (Å²) in [4.78, 5) is 32.9. The quantitative estimate of drug-likeness (QED) is 0.516. The second kappa shape index (κ2) is 9.31. The van der Waals surface area contributed by atoms with Gasteiger partial charge in [0.2, 0.25) is 0 Å². The molecule has 1 fully saturated rings. The molecule has 0 aliphatic carbocycles. The first-order valence-corrected chi connectivity index (χ1v) is 11.3. The Balaban J connectivity index is 1.58. The Morgan fingerprint density at radius 3 is 2.40 bits per heavy atom. The van der Waals surface area contributed by atoms with E-state index in [2.05, 4.69) is 23.8 Å². The molecule has 1 amide bonds. The van der Waals surface area contributed by atoms with Gasteiger partial charge in [-0.05, 0) is 55.5 Å². The molecule has 2 heterocycles. The van der Waals surface area contributed by atoms with Crippen molar-refractivity contribution >= 4 is 16.8 Å². The lowest BCUT2D eigenvalue weighted by atomic mass is 9.91. The number of rotatable bonds is 4. The van der Waals surface area contributed by atoms with Gasteiger partial charge in [0, 0.05) is 24.2 Å². The fraction of sp³-hybridized carbons (Fsp3) is 0.400. The maximum absolute atomic E-state index is 15.1. The van der Waals surface area contributed by atoms with Gasteiger partial charge in [-0.3, -0.25) is 9.59 Å². The maximum Gasteiger partial charge on any atom is 0.416 e. The Labute approximate surface area is 198 Å². The first-order chi connectivity index (χ1) is 16.4. The molecule has 2 atom stereocenters. The Bertz CT molecular complexity index is 1310. The van der Waals surface area contributed by atoms with Gasteiger partial charge in [0.15, 0.2) is 0 Å². The van der Waals surface area contributed by atoms with E-state index >= 15 is 4.39 Å². The van der Waals surface area contributed by atoms with Crippen LogP contribution in [-0.2, 0) is 12.8 Å². The van der Waals surface area contributed by atoms with Gasteiger partial charge in [-0.15, -0.1) is 0 Å². The third-order valence-electron chi connectivity index (χ3n) is 6.10. The number of nitrogens with zero attached hydrogens (tertiary/aromatic N) is 2. The summed E-state index contributed by atoms with van der Waals surface area (Å²) in [5.74, 6) is -0.430. The molecule has 1 N–H and O–H groups in total. The van der Waals surface area contributed by atoms with Gasteiger partial charge in [0.1, 0.15) is 29.4 Å². The number of halogens is 4. The summed E-state index contributed by atoms with van der Waals surface area (Å²) in [6.07, 6.45) is -3.83. The van der Waals surface area contributed by atoms with E-state index in [1.54, 1.807) is 4.90 Å². The highest BCUT2D eigenvalue weighted by molar-refractivity contribution is 5.94. The van der Waals surface area contributed by atoms with Crippen LogP contribution in [0.2, 0.25) is 0 Å². The molecular weight excluding hydrogens is 466 g/mol. The molecule has 186 valence electrons. The summed E-state index contributed by atoms with van der Waals surface area (Å²) in [5.41, 5.74) is -2.88. The normalized spacial score (nSPS) is 18.7. The van der Waals surface area contributed by atoms with Gasteiger partial charge in [0.05, 0.1) is 11.1 Å². The first-order valence-electron chi connectivity index (χ1n) is 11.3. The van der Waals surface area contributed by atoms with Crippen molar-refractivity contribution in [2.75, 3.05) is 13.1 Å². The second-order valence-electron chi connectivity index (χ2n) is 9.23. The highest BCUT2D eigenvalue weighted by atomic mass is 19.4. The molecule has 3 aromatic rings. The minimum Gasteiger partial charge on any atom is -0.489 e. The van der Waals surface area contributed by atoms with E-state index in [4.69, 9.17) is 4.74 Å². The van der Waals surface area contributed by atoms with E-state index in [-0.39, 0.29) is 23.0 Å². The molecule has 4 rings (SSSR count). The van der Waals surface area contributed by atoms with Gasteiger partial charge in [-0.2, -0.15) is 13.2 Å². The van der Waals surface area contributed by atoms with Crippen molar-refractivity contribution in [3.63, 3.8) is 0 Å². The molecule has 0 spiro atoms. The molecule has 2 unspecified atom stereocenters. The molecule has 1 aliphatic heterocycles. The molecule has 0 bridgehead atoms. The van der Waals surface area contributed by atoms with Crippen molar-refractivity contribution in [3.8, 4) is 5.75 Å². The molecule has 0 radical (unpaired) electrons. The average Bonchev–Trinajstić information content (AvgIpc) is 2.76. The molecule has 1 aliphatic rings. The van der Waals surface area contributed by atoms with Crippen molar-refractivity contribution in [1.82, 2.24) is 14.9 Å². The number of nitrogens with one attached hydrogen (secondary N) is 1. The smallest absolute Gasteiger partial charge is 0.416 e. The number of hydrogen-bond acceptors (Lipinski definition) is 4. The van der Waals surface area contributed by atoms with Crippen LogP contribution in [0.4, 0.5) is 17.6 Å². The lowest BCUT2D eigenvalue weighted by Gasteiger charge is -2.35. The molecule has 1 saturated heterocycles. The van der Waals surface area contributed by atoms with Crippen molar-refractivity contribution in [2.24, 2.45) is 11.8 Å². The van der Waals surface area contributed by atoms with Crippen molar-refractivity contribution in [1.29, 1.82) is 0 Å². The van der Waals surface area contributed by atoms with Crippen LogP contribution in [0.1, 0.15) is 47.6 Å². The molecule has 10 heteroatoms. The average molecular weight is 491 g/mol. The van der Waals surface area contributed by atoms with Crippen LogP contribution in [0.15, 0.2) is 35.1 Å². The monoisotopic (exact) mass is 491 g/mol. The zero-order valence-corrected chi connectivity index (χ0v) is 19.5. The fourth-order valence-corrected chi connectivity index (χ4v) is 4.67. The van der Waals surface area contributed by atoms with Crippen LogP contribution in [-0.4, -0.2) is 33.9 Å². The summed E-state index contributed by atoms with van der Waals surface area (Å²) >= 11 is 0. The number of piperidine rings is 1. The summed E-state index contributed by atoms with van der Waals surface area (Å²) < 4.78 is 61.6. The van der Waals surface area contributed by atoms with E-state index in [9.17, 15) is 22.8 Å². The highest BCUT2D eigenvalue weighted by Crippen LogP contribution is 2.36. The van der Waals surface area contributed by atoms with Crippen molar-refractivity contribution in [3.05, 3.63) is 69.0 Å². The van der Waals surface area contributed by atoms with Gasteiger partial charge in [0.25, 0.3) is 11.5 Å². The maximum atomic E-state index is 15.1. The van der Waals surface area contributed by atoms with Gasteiger partial charge in [-0.1, -0.05) is 13.8 Å². The zero-order chi connectivity index (χ0) is 25.5. The largest absolute Gasteiger partial charge is 0.489 e. The summed E-state index contributed by atoms with van der Waals surface area (Å²) in [6.45, 7) is 6.15. The molecule has 35 heavy (non-hydrogen) atoms. The predicted molar refractivity (Wildman–Crippen MR) is 122 cm³/mol. The van der Waals surface area contributed by atoms with Crippen LogP contribution < -0.4 is 10.3 Å². The van der Waals surface area contributed by atoms with Crippen LogP contribution in [0.25, 0.3) is 10.9 Å². The molecular formula is C25H25F4N3O3. The number of aromatic amines is 1. The lowest BCUT2D eigenvalue weighted by Crippen LogP contribution is -2.42. The second-order valence-corrected chi connectivity index (χ2v) is 9.23. The molecule has 1 aromatic heterocycles. The number of fused-ring (bicyclic) bond motifs is 1. The number of carbonyl (C=O) groups is 1. The number of aromatic nitrogens is 2. The number of amides is 1. The number of aryl methyl sites for hydroxylation is 1. The Hall–Kier alpha value is -3.43. The Morgan fingerprint density at radius 1 is 1.17 bits per heavy atom. The van der Waals surface area contributed by atoms with Gasteiger partial charge in [-0.25, -0.2) is 9.37 Å². The standard InChI is InChI=1S/C25H25F4N3O3/c1-13-8-14(2)11-32(10-13)24(34)16-4-6-17(7-5-16)35-12-18-19(25(27,28)29)9-20-21(22(18)26)23(33)31-15(3)30-20/h4-7,9,13-14H,8,10-12H2,1-3H3,(H,30,31,33). The van der Waals surface area contributed by atoms with Crippen LogP contribution >= 0.6 is 0 Å². The van der Waals surface area contributed by atoms with E-state index in [0.29, 0.717) is 36.6 Å². The third kappa shape index (κ3) is 5.16. The van der Waals surface area contributed by atoms with E-state index < -0.39 is 40.7 Å². The number of alkyl halides is 3. The fourth-order valence-electron chi connectivity index (χ4n) is 4.67. The van der Waals surface area contributed by atoms with Crippen LogP contribution in [0.3, 0.4) is 0 Å². The minimum absolute atomic E-state index is 0.0714. The number of likely N-dealkylation sites (tertiary alicyclic amines) is 1. The SMILES string of the molecule is Cc1nc2cc(C(F)(F)F)c(COc3ccc(C(=O)N4CC(C)CC(C)C4)cc3)c(F)c2c(=O)[nH]1. The third-order valence-corrected chi connectivity index (χ3v) is 6.10. The summed E-state index contributed by atoms with van der Waals surface area (Å²) in [7, 11) is 0. The van der Waals surface area contributed by atoms with E-state index in [1.807, 2.05) is 0 Å². The van der Waals surface area contributed by atoms with E-state index in [1.165, 1.54) is 31.2 Å². The predicted octanol–water partition coefficient (Wildman–Crippen LogP) is 5.09. The van der Waals surface area contributed by atoms with Crippen LogP contribution in [0, 0.1) is 24.6 Å². The van der Waals surface area contributed by atoms with E-state index in [0.717, 1.165) is 6.42 Å². The van der Waals surface area contributed by atoms with Crippen molar-refractivity contribution < 1.29 is 27.1 Å². The summed E-state index contributed by atoms with van der Waals surface area (Å²) in [5, 5.41) is -0.562. The topological polar surface area (TPSA) is 75.3 Å². The number of carbonyl (C=O) groups excluding carboxylic acids is 1.